The maximum Gasteiger partial charge on any atom is 0.308 e. The standard InChI is InChI=1S/C15H18N2O3/c1-10(15(18)19)9-17(2)14-13-8-12(20-3)5-4-11(13)6-7-16-14/h4-8,10H,9H2,1-3H3,(H,18,19). The van der Waals surface area contributed by atoms with Crippen LogP contribution in [-0.2, 0) is 4.79 Å². The predicted molar refractivity (Wildman–Crippen MR) is 78.4 cm³/mol. The van der Waals surface area contributed by atoms with Crippen LogP contribution in [0.3, 0.4) is 0 Å². The average Bonchev–Trinajstić information content (AvgIpc) is 2.45. The second-order valence-corrected chi connectivity index (χ2v) is 4.84. The van der Waals surface area contributed by atoms with Crippen LogP contribution < -0.4 is 9.64 Å². The molecule has 0 aliphatic heterocycles. The monoisotopic (exact) mass is 274 g/mol. The second-order valence-electron chi connectivity index (χ2n) is 4.84. The summed E-state index contributed by atoms with van der Waals surface area (Å²) in [4.78, 5) is 17.2. The number of carboxylic acid groups (broad SMARTS) is 1. The zero-order chi connectivity index (χ0) is 14.7. The van der Waals surface area contributed by atoms with E-state index in [1.54, 1.807) is 20.2 Å². The predicted octanol–water partition coefficient (Wildman–Crippen LogP) is 2.40. The number of rotatable bonds is 5. The van der Waals surface area contributed by atoms with Crippen LogP contribution in [0.2, 0.25) is 0 Å². The van der Waals surface area contributed by atoms with Gasteiger partial charge in [0.25, 0.3) is 0 Å². The van der Waals surface area contributed by atoms with Crippen molar-refractivity contribution in [1.82, 2.24) is 4.98 Å². The lowest BCUT2D eigenvalue weighted by Crippen LogP contribution is -2.29. The number of anilines is 1. The smallest absolute Gasteiger partial charge is 0.308 e. The van der Waals surface area contributed by atoms with Crippen molar-refractivity contribution in [1.29, 1.82) is 0 Å². The Bertz CT molecular complexity index is 628. The number of pyridine rings is 1. The van der Waals surface area contributed by atoms with Gasteiger partial charge in [0.2, 0.25) is 0 Å². The summed E-state index contributed by atoms with van der Waals surface area (Å²) in [5.41, 5.74) is 0. The minimum Gasteiger partial charge on any atom is -0.497 e. The fourth-order valence-corrected chi connectivity index (χ4v) is 2.14. The first-order valence-electron chi connectivity index (χ1n) is 6.39. The maximum atomic E-state index is 11.0. The third kappa shape index (κ3) is 2.82. The van der Waals surface area contributed by atoms with Gasteiger partial charge in [0.1, 0.15) is 11.6 Å². The van der Waals surface area contributed by atoms with E-state index in [2.05, 4.69) is 4.98 Å². The van der Waals surface area contributed by atoms with E-state index in [0.717, 1.165) is 22.3 Å². The molecular formula is C15H18N2O3. The van der Waals surface area contributed by atoms with Crippen molar-refractivity contribution in [2.75, 3.05) is 25.6 Å². The van der Waals surface area contributed by atoms with Gasteiger partial charge >= 0.3 is 5.97 Å². The van der Waals surface area contributed by atoms with Gasteiger partial charge in [-0.15, -0.1) is 0 Å². The molecule has 0 spiro atoms. The molecule has 5 heteroatoms. The minimum absolute atomic E-state index is 0.401. The molecular weight excluding hydrogens is 256 g/mol. The molecule has 5 nitrogen and oxygen atoms in total. The molecule has 106 valence electrons. The van der Waals surface area contributed by atoms with E-state index in [-0.39, 0.29) is 0 Å². The first-order chi connectivity index (χ1) is 9.52. The Balaban J connectivity index is 2.40. The summed E-state index contributed by atoms with van der Waals surface area (Å²) in [6.45, 7) is 2.09. The average molecular weight is 274 g/mol. The Morgan fingerprint density at radius 2 is 2.20 bits per heavy atom. The van der Waals surface area contributed by atoms with Gasteiger partial charge < -0.3 is 14.7 Å². The number of nitrogens with zero attached hydrogens (tertiary/aromatic N) is 2. The molecule has 1 aromatic heterocycles. The number of carboxylic acids is 1. The summed E-state index contributed by atoms with van der Waals surface area (Å²) in [6, 6.07) is 7.70. The van der Waals surface area contributed by atoms with Gasteiger partial charge in [-0.2, -0.15) is 0 Å². The topological polar surface area (TPSA) is 62.7 Å². The molecule has 1 aromatic carbocycles. The number of aliphatic carboxylic acids is 1. The van der Waals surface area contributed by atoms with E-state index in [4.69, 9.17) is 9.84 Å². The molecule has 0 aliphatic carbocycles. The third-order valence-corrected chi connectivity index (χ3v) is 3.28. The number of hydrogen-bond donors (Lipinski definition) is 1. The number of fused-ring (bicyclic) bond motifs is 1. The Morgan fingerprint density at radius 1 is 1.45 bits per heavy atom. The molecule has 0 radical (unpaired) electrons. The van der Waals surface area contributed by atoms with E-state index in [1.165, 1.54) is 0 Å². The van der Waals surface area contributed by atoms with Gasteiger partial charge in [0.05, 0.1) is 13.0 Å². The lowest BCUT2D eigenvalue weighted by Gasteiger charge is -2.22. The van der Waals surface area contributed by atoms with Crippen molar-refractivity contribution < 1.29 is 14.6 Å². The van der Waals surface area contributed by atoms with E-state index in [0.29, 0.717) is 6.54 Å². The number of benzene rings is 1. The number of aromatic nitrogens is 1. The van der Waals surface area contributed by atoms with Crippen LogP contribution in [0.15, 0.2) is 30.5 Å². The quantitative estimate of drug-likeness (QED) is 0.907. The zero-order valence-electron chi connectivity index (χ0n) is 11.8. The van der Waals surface area contributed by atoms with Crippen LogP contribution in [0.1, 0.15) is 6.92 Å². The summed E-state index contributed by atoms with van der Waals surface area (Å²) in [5.74, 6) is 0.248. The van der Waals surface area contributed by atoms with Crippen LogP contribution >= 0.6 is 0 Å². The molecule has 1 N–H and O–H groups in total. The lowest BCUT2D eigenvalue weighted by atomic mass is 10.1. The molecule has 1 heterocycles. The number of ether oxygens (including phenoxy) is 1. The number of carbonyl (C=O) groups is 1. The first kappa shape index (κ1) is 14.1. The highest BCUT2D eigenvalue weighted by Crippen LogP contribution is 2.27. The Labute approximate surface area is 117 Å². The normalized spacial score (nSPS) is 12.2. The second kappa shape index (κ2) is 5.77. The van der Waals surface area contributed by atoms with Gasteiger partial charge in [-0.05, 0) is 23.6 Å². The summed E-state index contributed by atoms with van der Waals surface area (Å²) in [7, 11) is 3.47. The van der Waals surface area contributed by atoms with Gasteiger partial charge in [-0.1, -0.05) is 13.0 Å². The van der Waals surface area contributed by atoms with Crippen LogP contribution in [0.4, 0.5) is 5.82 Å². The van der Waals surface area contributed by atoms with Crippen LogP contribution in [0, 0.1) is 5.92 Å². The van der Waals surface area contributed by atoms with Gasteiger partial charge in [-0.25, -0.2) is 4.98 Å². The highest BCUT2D eigenvalue weighted by atomic mass is 16.5. The summed E-state index contributed by atoms with van der Waals surface area (Å²) < 4.78 is 5.24. The van der Waals surface area contributed by atoms with Crippen LogP contribution in [0.5, 0.6) is 5.75 Å². The molecule has 0 saturated heterocycles. The van der Waals surface area contributed by atoms with Crippen molar-refractivity contribution >= 4 is 22.6 Å². The largest absolute Gasteiger partial charge is 0.497 e. The zero-order valence-corrected chi connectivity index (χ0v) is 11.8. The molecule has 2 aromatic rings. The molecule has 1 unspecified atom stereocenters. The highest BCUT2D eigenvalue weighted by Gasteiger charge is 2.16. The van der Waals surface area contributed by atoms with Crippen molar-refractivity contribution in [3.8, 4) is 5.75 Å². The molecule has 0 fully saturated rings. The van der Waals surface area contributed by atoms with Gasteiger partial charge in [0, 0.05) is 25.2 Å². The first-order valence-corrected chi connectivity index (χ1v) is 6.39. The van der Waals surface area contributed by atoms with Gasteiger partial charge in [-0.3, -0.25) is 4.79 Å². The summed E-state index contributed by atoms with van der Waals surface area (Å²) >= 11 is 0. The van der Waals surface area contributed by atoms with Gasteiger partial charge in [0.15, 0.2) is 0 Å². The molecule has 0 saturated carbocycles. The minimum atomic E-state index is -0.810. The van der Waals surface area contributed by atoms with Crippen molar-refractivity contribution in [2.24, 2.45) is 5.92 Å². The summed E-state index contributed by atoms with van der Waals surface area (Å²) in [5, 5.41) is 11.0. The Hall–Kier alpha value is -2.30. The number of hydrogen-bond acceptors (Lipinski definition) is 4. The maximum absolute atomic E-state index is 11.0. The van der Waals surface area contributed by atoms with E-state index in [9.17, 15) is 4.79 Å². The molecule has 1 atom stereocenters. The third-order valence-electron chi connectivity index (χ3n) is 3.28. The van der Waals surface area contributed by atoms with E-state index < -0.39 is 11.9 Å². The Kier molecular flexibility index (Phi) is 4.08. The fourth-order valence-electron chi connectivity index (χ4n) is 2.14. The lowest BCUT2D eigenvalue weighted by molar-refractivity contribution is -0.140. The Morgan fingerprint density at radius 3 is 2.85 bits per heavy atom. The molecule has 0 bridgehead atoms. The molecule has 0 amide bonds. The molecule has 20 heavy (non-hydrogen) atoms. The summed E-state index contributed by atoms with van der Waals surface area (Å²) in [6.07, 6.45) is 1.73. The van der Waals surface area contributed by atoms with Crippen molar-refractivity contribution in [2.45, 2.75) is 6.92 Å². The highest BCUT2D eigenvalue weighted by molar-refractivity contribution is 5.93. The van der Waals surface area contributed by atoms with Crippen molar-refractivity contribution in [3.63, 3.8) is 0 Å². The van der Waals surface area contributed by atoms with E-state index >= 15 is 0 Å². The number of methoxy groups -OCH3 is 1. The molecule has 0 aliphatic rings. The van der Waals surface area contributed by atoms with Crippen LogP contribution in [0.25, 0.3) is 10.8 Å². The van der Waals surface area contributed by atoms with Crippen LogP contribution in [-0.4, -0.2) is 36.8 Å². The van der Waals surface area contributed by atoms with Crippen molar-refractivity contribution in [3.05, 3.63) is 30.5 Å². The molecule has 2 rings (SSSR count). The fraction of sp³-hybridized carbons (Fsp3) is 0.333. The van der Waals surface area contributed by atoms with E-state index in [1.807, 2.05) is 36.2 Å². The SMILES string of the molecule is COc1ccc2ccnc(N(C)CC(C)C(=O)O)c2c1.